The fraction of sp³-hybridized carbons (Fsp3) is 0.714. The molecule has 0 saturated carbocycles. The Hall–Kier alpha value is -1.10. The Balaban J connectivity index is 5.91. The van der Waals surface area contributed by atoms with Gasteiger partial charge in [0.25, 0.3) is 0 Å². The Bertz CT molecular complexity index is 303. The van der Waals surface area contributed by atoms with Gasteiger partial charge in [-0.05, 0) is 6.08 Å². The highest BCUT2D eigenvalue weighted by atomic mass is 19.4. The summed E-state index contributed by atoms with van der Waals surface area (Å²) in [6.07, 6.45) is -27.4. The van der Waals surface area contributed by atoms with Crippen LogP contribution in [0.5, 0.6) is 0 Å². The maximum Gasteiger partial charge on any atom is 0.421 e. The number of hydrogen-bond donors (Lipinski definition) is 0. The smallest absolute Gasteiger partial charge is 0.170 e. The molecule has 0 aliphatic heterocycles. The topological polar surface area (TPSA) is 0 Å². The van der Waals surface area contributed by atoms with Crippen LogP contribution < -0.4 is 0 Å². The van der Waals surface area contributed by atoms with Gasteiger partial charge >= 0.3 is 24.7 Å². The van der Waals surface area contributed by atoms with Gasteiger partial charge in [0.1, 0.15) is 5.57 Å². The van der Waals surface area contributed by atoms with Crippen molar-refractivity contribution >= 4 is 0 Å². The van der Waals surface area contributed by atoms with Gasteiger partial charge in [0.05, 0.1) is 0 Å². The summed E-state index contributed by atoms with van der Waals surface area (Å²) in [5.74, 6) is -4.86. The summed E-state index contributed by atoms with van der Waals surface area (Å²) in [5.41, 5.74) is -3.86. The van der Waals surface area contributed by atoms with Gasteiger partial charge in [-0.2, -0.15) is 52.7 Å². The van der Waals surface area contributed by atoms with Crippen LogP contribution in [-0.2, 0) is 0 Å². The van der Waals surface area contributed by atoms with Gasteiger partial charge in [0.2, 0.25) is 0 Å². The molecule has 0 fully saturated rings. The van der Waals surface area contributed by atoms with E-state index in [1.165, 1.54) is 0 Å². The summed E-state index contributed by atoms with van der Waals surface area (Å²) < 4.78 is 142. The molecule has 0 nitrogen and oxygen atoms in total. The van der Waals surface area contributed by atoms with Crippen molar-refractivity contribution < 1.29 is 52.7 Å². The normalized spacial score (nSPS) is 14.8. The summed E-state index contributed by atoms with van der Waals surface area (Å²) in [5, 5.41) is 0. The molecule has 0 saturated heterocycles. The fourth-order valence-electron chi connectivity index (χ4n) is 0.891. The molecule has 0 radical (unpaired) electrons. The predicted molar refractivity (Wildman–Crippen MR) is 35.8 cm³/mol. The highest BCUT2D eigenvalue weighted by molar-refractivity contribution is 5.18. The van der Waals surface area contributed by atoms with Crippen molar-refractivity contribution in [3.63, 3.8) is 0 Å². The van der Waals surface area contributed by atoms with Crippen LogP contribution in [0.25, 0.3) is 0 Å². The highest BCUT2D eigenvalue weighted by Gasteiger charge is 2.59. The highest BCUT2D eigenvalue weighted by Crippen LogP contribution is 2.45. The molecule has 0 rings (SSSR count). The van der Waals surface area contributed by atoms with Gasteiger partial charge in [-0.25, -0.2) is 0 Å². The van der Waals surface area contributed by atoms with E-state index in [0.717, 1.165) is 0 Å². The third-order valence-electron chi connectivity index (χ3n) is 1.65. The predicted octanol–water partition coefficient (Wildman–Crippen LogP) is 4.78. The number of allylic oxidation sites excluding steroid dienone is 2. The number of hydrogen-bond acceptors (Lipinski definition) is 0. The lowest BCUT2D eigenvalue weighted by Crippen LogP contribution is -2.37. The zero-order valence-electron chi connectivity index (χ0n) is 8.19. The average molecular weight is 314 g/mol. The molecular formula is C7H2F12. The van der Waals surface area contributed by atoms with Gasteiger partial charge in [-0.15, -0.1) is 0 Å². The lowest BCUT2D eigenvalue weighted by molar-refractivity contribution is -0.269. The summed E-state index contributed by atoms with van der Waals surface area (Å²) in [6.45, 7) is 0. The van der Waals surface area contributed by atoms with Crippen molar-refractivity contribution in [1.82, 2.24) is 0 Å². The van der Waals surface area contributed by atoms with Gasteiger partial charge in [-0.3, -0.25) is 0 Å². The Morgan fingerprint density at radius 2 is 0.842 bits per heavy atom. The van der Waals surface area contributed by atoms with E-state index in [2.05, 4.69) is 0 Å². The van der Waals surface area contributed by atoms with Crippen molar-refractivity contribution in [2.45, 2.75) is 24.7 Å². The van der Waals surface area contributed by atoms with E-state index in [9.17, 15) is 52.7 Å². The third kappa shape index (κ3) is 5.19. The molecule has 0 unspecified atom stereocenters. The maximum atomic E-state index is 11.9. The van der Waals surface area contributed by atoms with Gasteiger partial charge in [-0.1, -0.05) is 0 Å². The molecule has 0 aromatic heterocycles. The Labute approximate surface area is 96.2 Å². The minimum atomic E-state index is -6.40. The molecule has 114 valence electrons. The summed E-state index contributed by atoms with van der Waals surface area (Å²) >= 11 is 0. The quantitative estimate of drug-likeness (QED) is 0.483. The van der Waals surface area contributed by atoms with Crippen LogP contribution in [-0.4, -0.2) is 24.7 Å². The van der Waals surface area contributed by atoms with Gasteiger partial charge < -0.3 is 0 Å². The first-order valence-electron chi connectivity index (χ1n) is 3.97. The molecule has 0 aliphatic carbocycles. The second-order valence-corrected chi connectivity index (χ2v) is 3.14. The first kappa shape index (κ1) is 17.9. The van der Waals surface area contributed by atoms with E-state index < -0.39 is 42.3 Å². The SMILES string of the molecule is FC(F)(F)C(=CC(C(F)(F)F)C(F)(F)F)C(F)(F)F. The summed E-state index contributed by atoms with van der Waals surface area (Å²) in [4.78, 5) is 0. The minimum absolute atomic E-state index is 1.92. The van der Waals surface area contributed by atoms with Crippen LogP contribution in [0, 0.1) is 5.92 Å². The van der Waals surface area contributed by atoms with Crippen molar-refractivity contribution in [2.24, 2.45) is 5.92 Å². The minimum Gasteiger partial charge on any atom is -0.170 e. The van der Waals surface area contributed by atoms with E-state index in [1.807, 2.05) is 0 Å². The van der Waals surface area contributed by atoms with Crippen LogP contribution >= 0.6 is 0 Å². The number of halogens is 12. The van der Waals surface area contributed by atoms with Gasteiger partial charge in [0.15, 0.2) is 5.92 Å². The maximum absolute atomic E-state index is 11.9. The molecule has 0 aliphatic rings. The first-order chi connectivity index (χ1) is 7.97. The fourth-order valence-corrected chi connectivity index (χ4v) is 0.891. The van der Waals surface area contributed by atoms with E-state index in [4.69, 9.17) is 0 Å². The zero-order chi connectivity index (χ0) is 15.9. The average Bonchev–Trinajstić information content (AvgIpc) is 1.91. The summed E-state index contributed by atoms with van der Waals surface area (Å²) in [7, 11) is 0. The monoisotopic (exact) mass is 314 g/mol. The Morgan fingerprint density at radius 1 is 0.579 bits per heavy atom. The molecule has 0 aromatic carbocycles. The standard InChI is InChI=1S/C7H2F12/c8-4(9,10)2(5(11,12)13)1-3(6(14,15)16)7(17,18)19/h1-2H. The molecular weight excluding hydrogens is 312 g/mol. The Morgan fingerprint density at radius 3 is 1.00 bits per heavy atom. The first-order valence-corrected chi connectivity index (χ1v) is 3.97. The molecule has 19 heavy (non-hydrogen) atoms. The zero-order valence-corrected chi connectivity index (χ0v) is 8.19. The molecule has 0 amide bonds. The molecule has 0 heterocycles. The van der Waals surface area contributed by atoms with Crippen molar-refractivity contribution in [3.8, 4) is 0 Å². The van der Waals surface area contributed by atoms with Gasteiger partial charge in [0, 0.05) is 0 Å². The van der Waals surface area contributed by atoms with E-state index >= 15 is 0 Å². The Kier molecular flexibility index (Phi) is 4.50. The van der Waals surface area contributed by atoms with Crippen LogP contribution in [0.3, 0.4) is 0 Å². The van der Waals surface area contributed by atoms with Crippen LogP contribution in [0.4, 0.5) is 52.7 Å². The lowest BCUT2D eigenvalue weighted by atomic mass is 10.0. The molecule has 0 atom stereocenters. The van der Waals surface area contributed by atoms with Crippen molar-refractivity contribution in [2.75, 3.05) is 0 Å². The summed E-state index contributed by atoms with van der Waals surface area (Å²) in [6, 6.07) is 0. The second-order valence-electron chi connectivity index (χ2n) is 3.14. The number of alkyl halides is 12. The van der Waals surface area contributed by atoms with Crippen molar-refractivity contribution in [3.05, 3.63) is 11.6 Å². The van der Waals surface area contributed by atoms with E-state index in [0.29, 0.717) is 0 Å². The third-order valence-corrected chi connectivity index (χ3v) is 1.65. The second kappa shape index (κ2) is 4.78. The molecule has 0 N–H and O–H groups in total. The lowest BCUT2D eigenvalue weighted by Gasteiger charge is -2.22. The van der Waals surface area contributed by atoms with E-state index in [1.54, 1.807) is 0 Å². The van der Waals surface area contributed by atoms with E-state index in [-0.39, 0.29) is 0 Å². The van der Waals surface area contributed by atoms with Crippen molar-refractivity contribution in [1.29, 1.82) is 0 Å². The largest absolute Gasteiger partial charge is 0.421 e. The van der Waals surface area contributed by atoms with Crippen LogP contribution in [0.15, 0.2) is 11.6 Å². The van der Waals surface area contributed by atoms with Crippen LogP contribution in [0.2, 0.25) is 0 Å². The molecule has 0 aromatic rings. The molecule has 0 bridgehead atoms. The van der Waals surface area contributed by atoms with Crippen LogP contribution in [0.1, 0.15) is 0 Å². The molecule has 0 spiro atoms. The number of rotatable bonds is 1. The molecule has 12 heteroatoms.